The number of primary amides is 1. The van der Waals surface area contributed by atoms with E-state index in [1.54, 1.807) is 0 Å². The van der Waals surface area contributed by atoms with Gasteiger partial charge in [-0.1, -0.05) is 29.8 Å². The number of amides is 1. The topological polar surface area (TPSA) is 82.8 Å². The van der Waals surface area contributed by atoms with Crippen molar-refractivity contribution in [3.8, 4) is 0 Å². The molecule has 1 aromatic carbocycles. The van der Waals surface area contributed by atoms with Gasteiger partial charge in [0.1, 0.15) is 0 Å². The molecule has 1 fully saturated rings. The molecule has 0 spiro atoms. The number of aryl methyl sites for hydroxylation is 1. The lowest BCUT2D eigenvalue weighted by Crippen LogP contribution is -2.39. The van der Waals surface area contributed by atoms with Gasteiger partial charge in [0.15, 0.2) is 5.96 Å². The van der Waals surface area contributed by atoms with Crippen molar-refractivity contribution in [2.24, 2.45) is 16.6 Å². The molecule has 0 aromatic heterocycles. The Kier molecular flexibility index (Phi) is 12.1. The first-order valence-electron chi connectivity index (χ1n) is 10.2. The molecule has 7 heteroatoms. The van der Waals surface area contributed by atoms with Gasteiger partial charge in [-0.2, -0.15) is 0 Å². The van der Waals surface area contributed by atoms with Gasteiger partial charge in [0, 0.05) is 19.0 Å². The van der Waals surface area contributed by atoms with E-state index in [0.29, 0.717) is 6.54 Å². The first kappa shape index (κ1) is 24.7. The van der Waals surface area contributed by atoms with Crippen LogP contribution in [0.2, 0.25) is 0 Å². The summed E-state index contributed by atoms with van der Waals surface area (Å²) >= 11 is 0. The Morgan fingerprint density at radius 3 is 2.46 bits per heavy atom. The van der Waals surface area contributed by atoms with E-state index in [2.05, 4.69) is 58.6 Å². The zero-order valence-electron chi connectivity index (χ0n) is 17.2. The Bertz CT molecular complexity index is 597. The van der Waals surface area contributed by atoms with E-state index in [4.69, 9.17) is 5.73 Å². The van der Waals surface area contributed by atoms with E-state index in [-0.39, 0.29) is 35.8 Å². The average Bonchev–Trinajstić information content (AvgIpc) is 2.67. The SMILES string of the molecule is CCNC(=NCc1ccc(C)cc1)NCCCCN1CCC(C(N)=O)CC1.I. The molecule has 1 aliphatic rings. The molecule has 2 rings (SSSR count). The highest BCUT2D eigenvalue weighted by molar-refractivity contribution is 14.0. The largest absolute Gasteiger partial charge is 0.369 e. The third kappa shape index (κ3) is 9.23. The number of aliphatic imine (C=N–C) groups is 1. The highest BCUT2D eigenvalue weighted by atomic mass is 127. The fourth-order valence-electron chi connectivity index (χ4n) is 3.31. The number of guanidine groups is 1. The summed E-state index contributed by atoms with van der Waals surface area (Å²) in [5, 5.41) is 6.73. The fourth-order valence-corrected chi connectivity index (χ4v) is 3.31. The number of carbonyl (C=O) groups excluding carboxylic acids is 1. The predicted octanol–water partition coefficient (Wildman–Crippen LogP) is 2.65. The summed E-state index contributed by atoms with van der Waals surface area (Å²) in [7, 11) is 0. The number of hydrogen-bond acceptors (Lipinski definition) is 3. The van der Waals surface area contributed by atoms with E-state index in [0.717, 1.165) is 64.4 Å². The zero-order valence-corrected chi connectivity index (χ0v) is 19.6. The maximum atomic E-state index is 11.2. The minimum Gasteiger partial charge on any atom is -0.369 e. The van der Waals surface area contributed by atoms with Gasteiger partial charge < -0.3 is 21.3 Å². The number of nitrogens with zero attached hydrogens (tertiary/aromatic N) is 2. The molecule has 4 N–H and O–H groups in total. The molecule has 0 atom stereocenters. The van der Waals surface area contributed by atoms with Gasteiger partial charge in [0.2, 0.25) is 5.91 Å². The van der Waals surface area contributed by atoms with Crippen LogP contribution in [0.15, 0.2) is 29.3 Å². The summed E-state index contributed by atoms with van der Waals surface area (Å²) in [6.07, 6.45) is 4.06. The lowest BCUT2D eigenvalue weighted by atomic mass is 9.96. The van der Waals surface area contributed by atoms with Crippen LogP contribution in [0, 0.1) is 12.8 Å². The summed E-state index contributed by atoms with van der Waals surface area (Å²) in [4.78, 5) is 18.3. The molecule has 28 heavy (non-hydrogen) atoms. The summed E-state index contributed by atoms with van der Waals surface area (Å²) in [6, 6.07) is 8.50. The van der Waals surface area contributed by atoms with Gasteiger partial charge in [-0.05, 0) is 64.7 Å². The van der Waals surface area contributed by atoms with Crippen LogP contribution in [0.25, 0.3) is 0 Å². The molecule has 0 radical (unpaired) electrons. The van der Waals surface area contributed by atoms with Crippen molar-refractivity contribution in [1.29, 1.82) is 0 Å². The standard InChI is InChI=1S/C21H35N5O.HI/c1-3-23-21(25-16-18-8-6-17(2)7-9-18)24-12-4-5-13-26-14-10-19(11-15-26)20(22)27;/h6-9,19H,3-5,10-16H2,1-2H3,(H2,22,27)(H2,23,24,25);1H. The van der Waals surface area contributed by atoms with Crippen LogP contribution in [-0.4, -0.2) is 49.5 Å². The van der Waals surface area contributed by atoms with Gasteiger partial charge in [-0.3, -0.25) is 4.79 Å². The lowest BCUT2D eigenvalue weighted by Gasteiger charge is -2.30. The van der Waals surface area contributed by atoms with Crippen LogP contribution in [0.3, 0.4) is 0 Å². The van der Waals surface area contributed by atoms with Crippen LogP contribution in [0.1, 0.15) is 43.7 Å². The van der Waals surface area contributed by atoms with Crippen LogP contribution in [0.4, 0.5) is 0 Å². The molecule has 158 valence electrons. The number of carbonyl (C=O) groups is 1. The van der Waals surface area contributed by atoms with Gasteiger partial charge in [-0.25, -0.2) is 4.99 Å². The molecule has 0 unspecified atom stereocenters. The van der Waals surface area contributed by atoms with Crippen molar-refractivity contribution in [3.63, 3.8) is 0 Å². The minimum atomic E-state index is -0.139. The van der Waals surface area contributed by atoms with Crippen molar-refractivity contribution in [2.45, 2.75) is 46.1 Å². The molecule has 1 saturated heterocycles. The summed E-state index contributed by atoms with van der Waals surface area (Å²) in [5.41, 5.74) is 7.88. The molecular formula is C21H36IN5O. The first-order valence-corrected chi connectivity index (χ1v) is 10.2. The first-order chi connectivity index (χ1) is 13.1. The molecule has 1 amide bonds. The minimum absolute atomic E-state index is 0. The number of nitrogens with one attached hydrogen (secondary N) is 2. The number of nitrogens with two attached hydrogens (primary N) is 1. The van der Waals surface area contributed by atoms with Crippen molar-refractivity contribution >= 4 is 35.8 Å². The van der Waals surface area contributed by atoms with Crippen molar-refractivity contribution in [2.75, 3.05) is 32.7 Å². The van der Waals surface area contributed by atoms with Crippen LogP contribution in [0.5, 0.6) is 0 Å². The molecule has 1 aromatic rings. The fraction of sp³-hybridized carbons (Fsp3) is 0.619. The number of piperidine rings is 1. The Balaban J connectivity index is 0.00000392. The Labute approximate surface area is 186 Å². The normalized spacial score (nSPS) is 15.7. The zero-order chi connectivity index (χ0) is 19.5. The van der Waals surface area contributed by atoms with E-state index in [1.165, 1.54) is 11.1 Å². The smallest absolute Gasteiger partial charge is 0.220 e. The van der Waals surface area contributed by atoms with Gasteiger partial charge in [0.25, 0.3) is 0 Å². The molecule has 0 bridgehead atoms. The van der Waals surface area contributed by atoms with Crippen molar-refractivity contribution < 1.29 is 4.79 Å². The lowest BCUT2D eigenvalue weighted by molar-refractivity contribution is -0.123. The van der Waals surface area contributed by atoms with E-state index in [9.17, 15) is 4.79 Å². The molecule has 0 aliphatic carbocycles. The maximum Gasteiger partial charge on any atom is 0.220 e. The van der Waals surface area contributed by atoms with E-state index in [1.807, 2.05) is 0 Å². The molecule has 0 saturated carbocycles. The highest BCUT2D eigenvalue weighted by Crippen LogP contribution is 2.16. The third-order valence-corrected chi connectivity index (χ3v) is 5.07. The van der Waals surface area contributed by atoms with Crippen LogP contribution >= 0.6 is 24.0 Å². The molecule has 1 heterocycles. The summed E-state index contributed by atoms with van der Waals surface area (Å²) in [6.45, 7) is 9.70. The molecular weight excluding hydrogens is 465 g/mol. The van der Waals surface area contributed by atoms with Crippen molar-refractivity contribution in [3.05, 3.63) is 35.4 Å². The van der Waals surface area contributed by atoms with Gasteiger partial charge >= 0.3 is 0 Å². The molecule has 6 nitrogen and oxygen atoms in total. The van der Waals surface area contributed by atoms with E-state index >= 15 is 0 Å². The highest BCUT2D eigenvalue weighted by Gasteiger charge is 2.22. The predicted molar refractivity (Wildman–Crippen MR) is 127 cm³/mol. The Hall–Kier alpha value is -1.35. The van der Waals surface area contributed by atoms with Gasteiger partial charge in [0.05, 0.1) is 6.54 Å². The van der Waals surface area contributed by atoms with Crippen LogP contribution < -0.4 is 16.4 Å². The monoisotopic (exact) mass is 501 g/mol. The van der Waals surface area contributed by atoms with Crippen LogP contribution in [-0.2, 0) is 11.3 Å². The number of likely N-dealkylation sites (tertiary alicyclic amines) is 1. The quantitative estimate of drug-likeness (QED) is 0.210. The number of unbranched alkanes of at least 4 members (excludes halogenated alkanes) is 1. The third-order valence-electron chi connectivity index (χ3n) is 5.07. The Morgan fingerprint density at radius 1 is 1.18 bits per heavy atom. The number of hydrogen-bond donors (Lipinski definition) is 3. The summed E-state index contributed by atoms with van der Waals surface area (Å²) in [5.74, 6) is 0.815. The molecule has 1 aliphatic heterocycles. The Morgan fingerprint density at radius 2 is 1.86 bits per heavy atom. The number of benzene rings is 1. The number of halogens is 1. The maximum absolute atomic E-state index is 11.2. The second-order valence-corrected chi connectivity index (χ2v) is 7.33. The average molecular weight is 501 g/mol. The second kappa shape index (κ2) is 13.8. The summed E-state index contributed by atoms with van der Waals surface area (Å²) < 4.78 is 0. The van der Waals surface area contributed by atoms with Gasteiger partial charge in [-0.15, -0.1) is 24.0 Å². The second-order valence-electron chi connectivity index (χ2n) is 7.33. The van der Waals surface area contributed by atoms with E-state index < -0.39 is 0 Å². The van der Waals surface area contributed by atoms with Crippen molar-refractivity contribution in [1.82, 2.24) is 15.5 Å². The number of rotatable bonds is 9.